The zero-order valence-corrected chi connectivity index (χ0v) is 18.8. The van der Waals surface area contributed by atoms with Gasteiger partial charge < -0.3 is 4.74 Å². The zero-order chi connectivity index (χ0) is 22.8. The lowest BCUT2D eigenvalue weighted by Crippen LogP contribution is -2.30. The van der Waals surface area contributed by atoms with Crippen LogP contribution < -0.4 is 4.74 Å². The zero-order valence-electron chi connectivity index (χ0n) is 18.0. The summed E-state index contributed by atoms with van der Waals surface area (Å²) in [5.41, 5.74) is 0. The Bertz CT molecular complexity index is 747. The Morgan fingerprint density at radius 3 is 1.87 bits per heavy atom. The summed E-state index contributed by atoms with van der Waals surface area (Å²) in [4.78, 5) is 10.4. The molecule has 0 saturated heterocycles. The van der Waals surface area contributed by atoms with Gasteiger partial charge in [0.05, 0.1) is 5.92 Å². The van der Waals surface area contributed by atoms with Crippen LogP contribution in [0, 0.1) is 23.7 Å². The van der Waals surface area contributed by atoms with Gasteiger partial charge in [-0.1, -0.05) is 58.5 Å². The van der Waals surface area contributed by atoms with Crippen LogP contribution in [-0.2, 0) is 4.79 Å². The van der Waals surface area contributed by atoms with E-state index in [2.05, 4.69) is 6.92 Å². The average Bonchev–Trinajstić information content (AvgIpc) is 2.71. The van der Waals surface area contributed by atoms with Crippen molar-refractivity contribution in [3.63, 3.8) is 0 Å². The molecule has 31 heavy (non-hydrogen) atoms. The summed E-state index contributed by atoms with van der Waals surface area (Å²) in [5, 5.41) is 0. The largest absolute Gasteiger partial charge is 0.426 e. The third-order valence-corrected chi connectivity index (χ3v) is 8.28. The third-order valence-electron chi connectivity index (χ3n) is 7.12. The first-order valence-electron chi connectivity index (χ1n) is 11.4. The molecule has 0 spiro atoms. The van der Waals surface area contributed by atoms with Crippen LogP contribution in [0.2, 0.25) is 0 Å². The summed E-state index contributed by atoms with van der Waals surface area (Å²) in [6.07, 6.45) is 12.4. The van der Waals surface area contributed by atoms with Crippen LogP contribution in [0.15, 0.2) is 29.2 Å². The smallest absolute Gasteiger partial charge is 0.314 e. The molecular weight excluding hydrogens is 435 g/mol. The second-order valence-electron chi connectivity index (χ2n) is 9.40. The highest BCUT2D eigenvalue weighted by Gasteiger charge is 2.65. The number of carbonyl (C=O) groups excluding carboxylic acids is 1. The fourth-order valence-electron chi connectivity index (χ4n) is 5.23. The van der Waals surface area contributed by atoms with Gasteiger partial charge in [0.2, 0.25) is 0 Å². The first-order valence-corrected chi connectivity index (χ1v) is 13.4. The lowest BCUT2D eigenvalue weighted by molar-refractivity contribution is -0.140. The maximum atomic E-state index is 12.8. The van der Waals surface area contributed by atoms with E-state index in [-0.39, 0.29) is 23.8 Å². The van der Waals surface area contributed by atoms with E-state index < -0.39 is 21.1 Å². The van der Waals surface area contributed by atoms with Crippen molar-refractivity contribution in [3.8, 4) is 5.75 Å². The minimum atomic E-state index is -9.71. The molecule has 0 bridgehead atoms. The average molecular weight is 469 g/mol. The van der Waals surface area contributed by atoms with Crippen LogP contribution in [0.5, 0.6) is 5.75 Å². The Kier molecular flexibility index (Phi) is 6.72. The maximum absolute atomic E-state index is 12.8. The first kappa shape index (κ1) is 24.3. The molecule has 2 fully saturated rings. The number of carbonyl (C=O) groups is 1. The molecule has 3 rings (SSSR count). The van der Waals surface area contributed by atoms with Crippen molar-refractivity contribution in [2.75, 3.05) is 0 Å². The molecule has 0 N–H and O–H groups in total. The van der Waals surface area contributed by atoms with Crippen molar-refractivity contribution < 1.29 is 29.0 Å². The summed E-state index contributed by atoms with van der Waals surface area (Å²) in [6, 6.07) is 2.12. The topological polar surface area (TPSA) is 26.3 Å². The van der Waals surface area contributed by atoms with E-state index in [4.69, 9.17) is 4.74 Å². The Labute approximate surface area is 181 Å². The van der Waals surface area contributed by atoms with Gasteiger partial charge in [0.15, 0.2) is 0 Å². The first-order chi connectivity index (χ1) is 14.4. The monoisotopic (exact) mass is 468 g/mol. The lowest BCUT2D eigenvalue weighted by atomic mass is 9.68. The van der Waals surface area contributed by atoms with Gasteiger partial charge >= 0.3 is 16.2 Å². The molecule has 2 nitrogen and oxygen atoms in total. The second-order valence-corrected chi connectivity index (χ2v) is 11.8. The van der Waals surface area contributed by atoms with Gasteiger partial charge in [-0.15, -0.1) is 0 Å². The number of hydrogen-bond acceptors (Lipinski definition) is 2. The van der Waals surface area contributed by atoms with Crippen molar-refractivity contribution in [3.05, 3.63) is 24.3 Å². The van der Waals surface area contributed by atoms with E-state index in [1.807, 2.05) is 0 Å². The number of esters is 1. The van der Waals surface area contributed by atoms with Gasteiger partial charge in [0.1, 0.15) is 10.6 Å². The quantitative estimate of drug-likeness (QED) is 0.227. The number of unbranched alkanes of at least 4 members (excludes halogenated alkanes) is 1. The van der Waals surface area contributed by atoms with Crippen molar-refractivity contribution in [1.82, 2.24) is 0 Å². The molecule has 178 valence electrons. The van der Waals surface area contributed by atoms with Crippen LogP contribution >= 0.6 is 10.2 Å². The molecule has 8 heteroatoms. The van der Waals surface area contributed by atoms with Gasteiger partial charge in [0.25, 0.3) is 0 Å². The third kappa shape index (κ3) is 6.83. The number of halogens is 5. The lowest BCUT2D eigenvalue weighted by Gasteiger charge is -2.40. The highest BCUT2D eigenvalue weighted by atomic mass is 32.5. The minimum Gasteiger partial charge on any atom is -0.426 e. The molecule has 2 saturated carbocycles. The van der Waals surface area contributed by atoms with E-state index in [0.29, 0.717) is 18.8 Å². The molecule has 2 aliphatic rings. The van der Waals surface area contributed by atoms with E-state index >= 15 is 0 Å². The summed E-state index contributed by atoms with van der Waals surface area (Å²) in [6.45, 7) is 2.23. The highest BCUT2D eigenvalue weighted by Crippen LogP contribution is 3.02. The fraction of sp³-hybridized carbons (Fsp3) is 0.696. The minimum absolute atomic E-state index is 0.136. The van der Waals surface area contributed by atoms with Crippen LogP contribution in [0.3, 0.4) is 0 Å². The molecule has 1 aromatic rings. The van der Waals surface area contributed by atoms with Crippen LogP contribution in [-0.4, -0.2) is 5.97 Å². The van der Waals surface area contributed by atoms with Crippen molar-refractivity contribution in [2.45, 2.75) is 82.4 Å². The Morgan fingerprint density at radius 2 is 1.39 bits per heavy atom. The summed E-state index contributed by atoms with van der Waals surface area (Å²) in [7, 11) is -9.71. The summed E-state index contributed by atoms with van der Waals surface area (Å²) in [5.74, 6) is 1.33. The molecule has 1 aromatic carbocycles. The second kappa shape index (κ2) is 8.56. The van der Waals surface area contributed by atoms with Crippen LogP contribution in [0.1, 0.15) is 77.6 Å². The van der Waals surface area contributed by atoms with Gasteiger partial charge in [-0.05, 0) is 80.5 Å². The maximum Gasteiger partial charge on any atom is 0.314 e. The van der Waals surface area contributed by atoms with Gasteiger partial charge in [-0.25, -0.2) is 0 Å². The highest BCUT2D eigenvalue weighted by molar-refractivity contribution is 8.45. The molecule has 0 radical (unpaired) electrons. The standard InChI is InChI=1S/C23H33F5O2S/c1-2-3-4-17-5-7-18(8-6-17)19-9-11-20(12-10-19)23(29)30-21-13-15-22(16-14-21)31(24,25,26,27)28/h13-20H,2-12H2,1H3. The summed E-state index contributed by atoms with van der Waals surface area (Å²) >= 11 is 0. The molecule has 0 aromatic heterocycles. The van der Waals surface area contributed by atoms with E-state index in [0.717, 1.165) is 36.8 Å². The van der Waals surface area contributed by atoms with Gasteiger partial charge in [-0.2, -0.15) is 0 Å². The van der Waals surface area contributed by atoms with E-state index in [1.54, 1.807) is 0 Å². The predicted molar refractivity (Wildman–Crippen MR) is 114 cm³/mol. The Hall–Kier alpha value is -1.31. The number of ether oxygens (including phenoxy) is 1. The molecule has 0 unspecified atom stereocenters. The molecule has 0 atom stereocenters. The fourth-order valence-corrected chi connectivity index (χ4v) is 5.88. The summed E-state index contributed by atoms with van der Waals surface area (Å²) < 4.78 is 69.1. The van der Waals surface area contributed by atoms with Gasteiger partial charge in [0, 0.05) is 0 Å². The molecule has 0 amide bonds. The predicted octanol–water partition coefficient (Wildman–Crippen LogP) is 9.05. The van der Waals surface area contributed by atoms with Gasteiger partial charge in [-0.3, -0.25) is 4.79 Å². The van der Waals surface area contributed by atoms with E-state index in [9.17, 15) is 24.2 Å². The SMILES string of the molecule is CCCCC1CCC(C2CCC(C(=O)Oc3ccc(S(F)(F)(F)(F)F)cc3)CC2)CC1. The normalized spacial score (nSPS) is 29.6. The van der Waals surface area contributed by atoms with E-state index in [1.165, 1.54) is 44.9 Å². The van der Waals surface area contributed by atoms with Crippen molar-refractivity contribution in [2.24, 2.45) is 23.7 Å². The molecule has 2 aliphatic carbocycles. The van der Waals surface area contributed by atoms with Crippen LogP contribution in [0.25, 0.3) is 0 Å². The molecule has 0 heterocycles. The Morgan fingerprint density at radius 1 is 0.871 bits per heavy atom. The van der Waals surface area contributed by atoms with Crippen LogP contribution in [0.4, 0.5) is 19.4 Å². The number of benzene rings is 1. The molecular formula is C23H33F5O2S. The van der Waals surface area contributed by atoms with Crippen molar-refractivity contribution in [1.29, 1.82) is 0 Å². The Balaban J connectivity index is 1.46. The van der Waals surface area contributed by atoms with Crippen molar-refractivity contribution >= 4 is 16.2 Å². The number of rotatable bonds is 7. The molecule has 0 aliphatic heterocycles. The number of hydrogen-bond donors (Lipinski definition) is 0.